The van der Waals surface area contributed by atoms with E-state index >= 15 is 0 Å². The molecule has 2 atom stereocenters. The van der Waals surface area contributed by atoms with Crippen LogP contribution in [-0.2, 0) is 33.8 Å². The Kier molecular flexibility index (Phi) is 10.4. The molecule has 0 saturated carbocycles. The number of carbonyl (C=O) groups excluding carboxylic acids is 1. The molecule has 1 aliphatic carbocycles. The standard InChI is InChI=1S/C41H45ClN6O4S2Si/c1-41(2,3)55(33-10-6-4-7-11-33,34-12-8-5-9-13-34)52-32-15-17-36-37(26-32)53-39(45-36)40(49)48-23-22-47(27-31(48)18-20-46-21-19-43-28-46)54(50,51)38-25-29-24-30(42)14-16-35(29)44-38/h4-14,16,19,21,24-25,28,31-32,44H,15,17-18,20,22-23,26-27H2,1-3H3. The molecule has 3 aromatic heterocycles. The van der Waals surface area contributed by atoms with Crippen LogP contribution >= 0.6 is 22.9 Å². The number of nitrogens with one attached hydrogen (secondary N) is 1. The van der Waals surface area contributed by atoms with Crippen LogP contribution in [0.4, 0.5) is 0 Å². The van der Waals surface area contributed by atoms with E-state index in [1.807, 2.05) is 15.7 Å². The molecule has 2 aliphatic rings. The molecule has 55 heavy (non-hydrogen) atoms. The summed E-state index contributed by atoms with van der Waals surface area (Å²) in [5.41, 5.74) is 1.66. The minimum Gasteiger partial charge on any atom is -0.404 e. The molecule has 6 aromatic rings. The molecule has 8 rings (SSSR count). The Morgan fingerprint density at radius 1 is 1.02 bits per heavy atom. The van der Waals surface area contributed by atoms with Gasteiger partial charge in [-0.15, -0.1) is 11.3 Å². The molecular weight excluding hydrogens is 768 g/mol. The number of aromatic nitrogens is 4. The van der Waals surface area contributed by atoms with Crippen LogP contribution < -0.4 is 10.4 Å². The maximum Gasteiger partial charge on any atom is 0.283 e. The Bertz CT molecular complexity index is 2360. The van der Waals surface area contributed by atoms with Crippen LogP contribution in [0, 0.1) is 0 Å². The molecule has 0 radical (unpaired) electrons. The van der Waals surface area contributed by atoms with E-state index in [0.717, 1.165) is 28.8 Å². The highest BCUT2D eigenvalue weighted by Crippen LogP contribution is 2.40. The van der Waals surface area contributed by atoms with E-state index in [1.165, 1.54) is 26.0 Å². The number of halogens is 1. The quantitative estimate of drug-likeness (QED) is 0.158. The molecule has 286 valence electrons. The second-order valence-electron chi connectivity index (χ2n) is 15.5. The van der Waals surface area contributed by atoms with Crippen LogP contribution in [0.3, 0.4) is 0 Å². The molecule has 1 aliphatic heterocycles. The number of piperazine rings is 1. The second-order valence-corrected chi connectivity index (χ2v) is 23.2. The smallest absolute Gasteiger partial charge is 0.283 e. The van der Waals surface area contributed by atoms with Crippen molar-refractivity contribution < 1.29 is 17.6 Å². The number of thiazole rings is 1. The number of H-pyrrole nitrogens is 1. The van der Waals surface area contributed by atoms with Crippen molar-refractivity contribution in [1.82, 2.24) is 28.7 Å². The van der Waals surface area contributed by atoms with Gasteiger partial charge in [0, 0.05) is 71.8 Å². The Labute approximate surface area is 332 Å². The molecule has 14 heteroatoms. The largest absolute Gasteiger partial charge is 0.404 e. The molecule has 3 aromatic carbocycles. The van der Waals surface area contributed by atoms with E-state index in [1.54, 1.807) is 36.8 Å². The van der Waals surface area contributed by atoms with Gasteiger partial charge in [0.05, 0.1) is 18.1 Å². The highest BCUT2D eigenvalue weighted by atomic mass is 35.5. The van der Waals surface area contributed by atoms with Gasteiger partial charge in [-0.25, -0.2) is 18.4 Å². The van der Waals surface area contributed by atoms with E-state index in [2.05, 4.69) is 91.4 Å². The number of fused-ring (bicyclic) bond motifs is 2. The first kappa shape index (κ1) is 37.8. The number of aromatic amines is 1. The van der Waals surface area contributed by atoms with Crippen molar-refractivity contribution in [3.8, 4) is 0 Å². The van der Waals surface area contributed by atoms with Crippen molar-refractivity contribution in [1.29, 1.82) is 0 Å². The van der Waals surface area contributed by atoms with Gasteiger partial charge < -0.3 is 18.9 Å². The van der Waals surface area contributed by atoms with Gasteiger partial charge >= 0.3 is 0 Å². The van der Waals surface area contributed by atoms with E-state index in [-0.39, 0.29) is 47.8 Å². The van der Waals surface area contributed by atoms with Crippen LogP contribution in [0.25, 0.3) is 10.9 Å². The van der Waals surface area contributed by atoms with E-state index < -0.39 is 18.3 Å². The summed E-state index contributed by atoms with van der Waals surface area (Å²) in [7, 11) is -6.64. The average Bonchev–Trinajstić information content (AvgIpc) is 3.96. The second kappa shape index (κ2) is 15.1. The first-order valence-corrected chi connectivity index (χ1v) is 23.3. The Balaban J connectivity index is 1.04. The van der Waals surface area contributed by atoms with Crippen LogP contribution in [0.1, 0.15) is 54.0 Å². The van der Waals surface area contributed by atoms with E-state index in [9.17, 15) is 13.2 Å². The van der Waals surface area contributed by atoms with Crippen molar-refractivity contribution in [2.75, 3.05) is 19.6 Å². The Hall–Kier alpha value is -4.11. The summed E-state index contributed by atoms with van der Waals surface area (Å²) in [6, 6.07) is 27.9. The molecule has 1 amide bonds. The summed E-state index contributed by atoms with van der Waals surface area (Å²) in [6.45, 7) is 8.05. The number of hydrogen-bond acceptors (Lipinski definition) is 7. The molecule has 1 fully saturated rings. The summed E-state index contributed by atoms with van der Waals surface area (Å²) in [4.78, 5) is 29.5. The number of carbonyl (C=O) groups is 1. The predicted octanol–water partition coefficient (Wildman–Crippen LogP) is 6.51. The normalized spacial score (nSPS) is 18.4. The summed E-state index contributed by atoms with van der Waals surface area (Å²) in [5, 5.41) is 4.17. The number of nitrogens with zero attached hydrogens (tertiary/aromatic N) is 5. The van der Waals surface area contributed by atoms with Gasteiger partial charge in [-0.3, -0.25) is 4.79 Å². The van der Waals surface area contributed by atoms with Gasteiger partial charge in [0.2, 0.25) is 0 Å². The van der Waals surface area contributed by atoms with Crippen LogP contribution in [0.15, 0.2) is 109 Å². The lowest BCUT2D eigenvalue weighted by molar-refractivity contribution is 0.0543. The zero-order chi connectivity index (χ0) is 38.4. The van der Waals surface area contributed by atoms with E-state index in [0.29, 0.717) is 34.9 Å². The average molecular weight is 814 g/mol. The Morgan fingerprint density at radius 2 is 1.75 bits per heavy atom. The summed E-state index contributed by atoms with van der Waals surface area (Å²) >= 11 is 7.65. The van der Waals surface area contributed by atoms with Crippen molar-refractivity contribution in [3.05, 3.63) is 124 Å². The molecule has 10 nitrogen and oxygen atoms in total. The van der Waals surface area contributed by atoms with Crippen LogP contribution in [0.5, 0.6) is 0 Å². The van der Waals surface area contributed by atoms with Gasteiger partial charge in [-0.05, 0) is 58.9 Å². The SMILES string of the molecule is CC(C)(C)[Si](OC1CCc2nc(C(=O)N3CCN(S(=O)(=O)c4cc5cc(Cl)ccc5[nH]4)CC3CCn3ccnc3)sc2C1)(c1ccccc1)c1ccccc1. The molecule has 0 spiro atoms. The third-order valence-electron chi connectivity index (χ3n) is 11.0. The lowest BCUT2D eigenvalue weighted by Gasteiger charge is -2.45. The zero-order valence-corrected chi connectivity index (χ0v) is 34.6. The van der Waals surface area contributed by atoms with Gasteiger partial charge in [-0.2, -0.15) is 4.31 Å². The van der Waals surface area contributed by atoms with Crippen LogP contribution in [0.2, 0.25) is 10.1 Å². The lowest BCUT2D eigenvalue weighted by Crippen LogP contribution is -2.68. The summed E-state index contributed by atoms with van der Waals surface area (Å²) in [5.74, 6) is -0.156. The third kappa shape index (κ3) is 7.33. The fourth-order valence-corrected chi connectivity index (χ4v) is 15.7. The highest BCUT2D eigenvalue weighted by molar-refractivity contribution is 7.89. The van der Waals surface area contributed by atoms with Crippen molar-refractivity contribution >= 4 is 68.5 Å². The van der Waals surface area contributed by atoms with Crippen molar-refractivity contribution in [2.45, 2.75) is 75.2 Å². The predicted molar refractivity (Wildman–Crippen MR) is 220 cm³/mol. The number of amides is 1. The molecular formula is C41H45ClN6O4S2Si. The number of sulfonamides is 1. The number of benzene rings is 3. The molecule has 2 unspecified atom stereocenters. The first-order valence-electron chi connectivity index (χ1n) is 18.7. The Morgan fingerprint density at radius 3 is 2.42 bits per heavy atom. The molecule has 4 heterocycles. The monoisotopic (exact) mass is 812 g/mol. The number of rotatable bonds is 10. The van der Waals surface area contributed by atoms with Gasteiger partial charge in [0.1, 0.15) is 5.03 Å². The minimum atomic E-state index is -3.88. The fraction of sp³-hybridized carbons (Fsp3) is 0.341. The van der Waals surface area contributed by atoms with Crippen LogP contribution in [-0.4, -0.2) is 83.1 Å². The minimum absolute atomic E-state index is 0.0282. The van der Waals surface area contributed by atoms with Gasteiger partial charge in [0.15, 0.2) is 5.01 Å². The van der Waals surface area contributed by atoms with Crippen molar-refractivity contribution in [2.24, 2.45) is 0 Å². The fourth-order valence-electron chi connectivity index (χ4n) is 8.23. The zero-order valence-electron chi connectivity index (χ0n) is 31.2. The first-order chi connectivity index (χ1) is 26.4. The third-order valence-corrected chi connectivity index (χ3v) is 19.2. The molecule has 1 N–H and O–H groups in total. The lowest BCUT2D eigenvalue weighted by atomic mass is 10.0. The summed E-state index contributed by atoms with van der Waals surface area (Å²) < 4.78 is 38.9. The van der Waals surface area contributed by atoms with Gasteiger partial charge in [-0.1, -0.05) is 93.0 Å². The number of aryl methyl sites for hydroxylation is 2. The maximum absolute atomic E-state index is 14.4. The number of imidazole rings is 1. The van der Waals surface area contributed by atoms with Gasteiger partial charge in [0.25, 0.3) is 24.2 Å². The molecule has 0 bridgehead atoms. The summed E-state index contributed by atoms with van der Waals surface area (Å²) in [6.07, 6.45) is 8.09. The van der Waals surface area contributed by atoms with Crippen molar-refractivity contribution in [3.63, 3.8) is 0 Å². The maximum atomic E-state index is 14.4. The highest BCUT2D eigenvalue weighted by Gasteiger charge is 2.52. The van der Waals surface area contributed by atoms with E-state index in [4.69, 9.17) is 21.0 Å². The molecule has 1 saturated heterocycles. The topological polar surface area (TPSA) is 113 Å². The number of hydrogen-bond donors (Lipinski definition) is 1.